The molecule has 0 saturated carbocycles. The van der Waals surface area contributed by atoms with Gasteiger partial charge in [0, 0.05) is 30.1 Å². The topological polar surface area (TPSA) is 88.5 Å². The maximum absolute atomic E-state index is 6.09. The number of ether oxygens (including phenoxy) is 3. The highest BCUT2D eigenvalue weighted by Gasteiger charge is 2.14. The van der Waals surface area contributed by atoms with E-state index in [-0.39, 0.29) is 6.10 Å². The maximum atomic E-state index is 6.09. The quantitative estimate of drug-likeness (QED) is 0.580. The van der Waals surface area contributed by atoms with Crippen LogP contribution < -0.4 is 30.2 Å². The van der Waals surface area contributed by atoms with Gasteiger partial charge in [-0.3, -0.25) is 4.99 Å². The minimum atomic E-state index is 0.290. The first-order valence-electron chi connectivity index (χ1n) is 11.6. The molecule has 2 aliphatic rings. The van der Waals surface area contributed by atoms with Gasteiger partial charge >= 0.3 is 0 Å². The van der Waals surface area contributed by atoms with E-state index in [0.717, 1.165) is 71.7 Å². The minimum Gasteiger partial charge on any atom is -0.497 e. The van der Waals surface area contributed by atoms with E-state index in [1.807, 2.05) is 55.6 Å². The number of methoxy groups -OCH3 is 2. The Bertz CT molecular complexity index is 1030. The minimum absolute atomic E-state index is 0.290. The first-order valence-corrected chi connectivity index (χ1v) is 11.6. The Morgan fingerprint density at radius 3 is 2.35 bits per heavy atom. The van der Waals surface area contributed by atoms with Gasteiger partial charge in [0.2, 0.25) is 0 Å². The zero-order valence-electron chi connectivity index (χ0n) is 20.1. The highest BCUT2D eigenvalue weighted by atomic mass is 16.5. The third-order valence-electron chi connectivity index (χ3n) is 5.78. The molecular weight excluding hydrogens is 430 g/mol. The Hall–Kier alpha value is -3.52. The summed E-state index contributed by atoms with van der Waals surface area (Å²) >= 11 is 0. The Morgan fingerprint density at radius 2 is 1.68 bits per heavy atom. The molecule has 4 rings (SSSR count). The summed E-state index contributed by atoms with van der Waals surface area (Å²) < 4.78 is 16.8. The van der Waals surface area contributed by atoms with Crippen LogP contribution in [-0.2, 0) is 6.54 Å². The number of nitrogens with one attached hydrogen (secondary N) is 3. The number of hydrogen-bond donors (Lipinski definition) is 3. The van der Waals surface area contributed by atoms with E-state index >= 15 is 0 Å². The predicted octanol–water partition coefficient (Wildman–Crippen LogP) is 3.75. The van der Waals surface area contributed by atoms with Gasteiger partial charge in [0.05, 0.1) is 20.8 Å². The fourth-order valence-corrected chi connectivity index (χ4v) is 3.87. The second-order valence-corrected chi connectivity index (χ2v) is 8.34. The molecular formula is C26H33N5O3. The van der Waals surface area contributed by atoms with Gasteiger partial charge in [-0.2, -0.15) is 0 Å². The third-order valence-corrected chi connectivity index (χ3v) is 5.78. The number of benzene rings is 2. The largest absolute Gasteiger partial charge is 0.497 e. The summed E-state index contributed by atoms with van der Waals surface area (Å²) in [5.41, 5.74) is 2.97. The molecule has 0 bridgehead atoms. The molecule has 180 valence electrons. The van der Waals surface area contributed by atoms with Crippen molar-refractivity contribution in [2.45, 2.75) is 32.4 Å². The zero-order valence-corrected chi connectivity index (χ0v) is 20.1. The van der Waals surface area contributed by atoms with Crippen LogP contribution >= 0.6 is 0 Å². The van der Waals surface area contributed by atoms with E-state index < -0.39 is 0 Å². The first-order chi connectivity index (χ1) is 16.6. The average molecular weight is 464 g/mol. The van der Waals surface area contributed by atoms with Crippen molar-refractivity contribution >= 4 is 17.4 Å². The second kappa shape index (κ2) is 11.6. The van der Waals surface area contributed by atoms with Crippen molar-refractivity contribution in [3.05, 3.63) is 59.8 Å². The fourth-order valence-electron chi connectivity index (χ4n) is 3.87. The molecule has 2 aliphatic heterocycles. The first kappa shape index (κ1) is 23.6. The second-order valence-electron chi connectivity index (χ2n) is 8.34. The molecule has 2 aromatic carbocycles. The number of amidine groups is 2. The fraction of sp³-hybridized carbons (Fsp3) is 0.385. The molecule has 0 spiro atoms. The normalized spacial score (nSPS) is 16.5. The van der Waals surface area contributed by atoms with Crippen molar-refractivity contribution in [3.8, 4) is 17.2 Å². The molecule has 0 atom stereocenters. The lowest BCUT2D eigenvalue weighted by molar-refractivity contribution is 0.162. The molecule has 8 heteroatoms. The number of nitrogens with zero attached hydrogens (tertiary/aromatic N) is 2. The highest BCUT2D eigenvalue weighted by Crippen LogP contribution is 2.23. The van der Waals surface area contributed by atoms with E-state index in [9.17, 15) is 0 Å². The summed E-state index contributed by atoms with van der Waals surface area (Å²) in [5, 5.41) is 10.1. The van der Waals surface area contributed by atoms with Crippen LogP contribution in [0.15, 0.2) is 64.2 Å². The van der Waals surface area contributed by atoms with Crippen molar-refractivity contribution in [2.24, 2.45) is 9.98 Å². The van der Waals surface area contributed by atoms with Crippen molar-refractivity contribution in [3.63, 3.8) is 0 Å². The van der Waals surface area contributed by atoms with Crippen LogP contribution in [0.25, 0.3) is 0 Å². The molecule has 8 nitrogen and oxygen atoms in total. The number of hydrogen-bond acceptors (Lipinski definition) is 8. The van der Waals surface area contributed by atoms with Crippen molar-refractivity contribution < 1.29 is 14.2 Å². The molecule has 0 aromatic heterocycles. The van der Waals surface area contributed by atoms with Gasteiger partial charge in [-0.05, 0) is 74.8 Å². The van der Waals surface area contributed by atoms with Crippen LogP contribution in [-0.4, -0.2) is 51.6 Å². The van der Waals surface area contributed by atoms with Crippen LogP contribution in [0.4, 0.5) is 5.69 Å². The molecule has 0 radical (unpaired) electrons. The Morgan fingerprint density at radius 1 is 0.971 bits per heavy atom. The lowest BCUT2D eigenvalue weighted by Crippen LogP contribution is -2.34. The smallest absolute Gasteiger partial charge is 0.128 e. The van der Waals surface area contributed by atoms with Crippen LogP contribution in [0.5, 0.6) is 17.2 Å². The van der Waals surface area contributed by atoms with Crippen LogP contribution in [0.1, 0.15) is 25.3 Å². The summed E-state index contributed by atoms with van der Waals surface area (Å²) in [5.74, 6) is 4.01. The number of anilines is 1. The van der Waals surface area contributed by atoms with Gasteiger partial charge in [-0.25, -0.2) is 4.99 Å². The molecule has 0 amide bonds. The highest BCUT2D eigenvalue weighted by molar-refractivity contribution is 6.04. The monoisotopic (exact) mass is 463 g/mol. The molecule has 0 unspecified atom stereocenters. The van der Waals surface area contributed by atoms with Gasteiger partial charge < -0.3 is 30.2 Å². The van der Waals surface area contributed by atoms with Crippen molar-refractivity contribution in [1.29, 1.82) is 0 Å². The van der Waals surface area contributed by atoms with E-state index in [0.29, 0.717) is 13.1 Å². The van der Waals surface area contributed by atoms with Crippen molar-refractivity contribution in [1.82, 2.24) is 10.6 Å². The van der Waals surface area contributed by atoms with Gasteiger partial charge in [0.1, 0.15) is 35.0 Å². The maximum Gasteiger partial charge on any atom is 0.128 e. The van der Waals surface area contributed by atoms with Crippen molar-refractivity contribution in [2.75, 3.05) is 39.2 Å². The number of piperidine rings is 1. The van der Waals surface area contributed by atoms with Gasteiger partial charge in [0.15, 0.2) is 0 Å². The van der Waals surface area contributed by atoms with E-state index in [1.165, 1.54) is 0 Å². The van der Waals surface area contributed by atoms with Crippen LogP contribution in [0, 0.1) is 0 Å². The number of aliphatic imine (C=N–C) groups is 2. The Balaban J connectivity index is 1.33. The number of rotatable bonds is 7. The van der Waals surface area contributed by atoms with Gasteiger partial charge in [-0.1, -0.05) is 0 Å². The Labute approximate surface area is 201 Å². The molecule has 2 aromatic rings. The molecule has 1 fully saturated rings. The molecule has 1 saturated heterocycles. The van der Waals surface area contributed by atoms with Gasteiger partial charge in [0.25, 0.3) is 0 Å². The SMILES string of the molecule is COc1cc(CNC2=NCC(Nc3ccc(OC4CCNCC4)cc3)=NC=C2C)cc(OC)c1. The van der Waals surface area contributed by atoms with Gasteiger partial charge in [-0.15, -0.1) is 0 Å². The molecule has 3 N–H and O–H groups in total. The summed E-state index contributed by atoms with van der Waals surface area (Å²) in [4.78, 5) is 9.31. The molecule has 0 aliphatic carbocycles. The standard InChI is InChI=1S/C26H33N5O3/c1-18-15-28-25(31-20-4-6-21(7-5-20)34-22-8-10-27-11-9-22)17-30-26(18)29-16-19-12-23(32-2)14-24(13-19)33-3/h4-7,12-15,22,27H,8-11,16-17H2,1-3H3,(H,28,31)(H,29,30). The Kier molecular flexibility index (Phi) is 8.04. The predicted molar refractivity (Wildman–Crippen MR) is 136 cm³/mol. The van der Waals surface area contributed by atoms with E-state index in [1.54, 1.807) is 14.2 Å². The van der Waals surface area contributed by atoms with E-state index in [2.05, 4.69) is 20.9 Å². The van der Waals surface area contributed by atoms with Crippen LogP contribution in [0.2, 0.25) is 0 Å². The zero-order chi connectivity index (χ0) is 23.8. The molecule has 34 heavy (non-hydrogen) atoms. The van der Waals surface area contributed by atoms with Crippen LogP contribution in [0.3, 0.4) is 0 Å². The lowest BCUT2D eigenvalue weighted by atomic mass is 10.1. The lowest BCUT2D eigenvalue weighted by Gasteiger charge is -2.23. The third kappa shape index (κ3) is 6.51. The average Bonchev–Trinajstić information content (AvgIpc) is 3.05. The summed E-state index contributed by atoms with van der Waals surface area (Å²) in [7, 11) is 3.30. The van der Waals surface area contributed by atoms with E-state index in [4.69, 9.17) is 19.2 Å². The summed E-state index contributed by atoms with van der Waals surface area (Å²) in [6, 6.07) is 13.8. The summed E-state index contributed by atoms with van der Waals surface area (Å²) in [6.07, 6.45) is 4.21. The summed E-state index contributed by atoms with van der Waals surface area (Å²) in [6.45, 7) is 5.07. The molecule has 2 heterocycles.